The molecule has 0 heterocycles. The predicted octanol–water partition coefficient (Wildman–Crippen LogP) is 2.85. The largest absolute Gasteiger partial charge is 0.416 e. The molecule has 1 aromatic carbocycles. The van der Waals surface area contributed by atoms with Crippen LogP contribution in [-0.4, -0.2) is 29.4 Å². The number of rotatable bonds is 5. The molecule has 2 rings (SSSR count). The van der Waals surface area contributed by atoms with E-state index in [0.717, 1.165) is 23.9 Å². The van der Waals surface area contributed by atoms with E-state index in [1.807, 2.05) is 12.2 Å². The lowest BCUT2D eigenvalue weighted by molar-refractivity contribution is -0.137. The molecule has 1 aliphatic carbocycles. The van der Waals surface area contributed by atoms with Gasteiger partial charge >= 0.3 is 6.18 Å². The molecule has 2 N–H and O–H groups in total. The van der Waals surface area contributed by atoms with Gasteiger partial charge < -0.3 is 10.4 Å². The van der Waals surface area contributed by atoms with Crippen molar-refractivity contribution in [3.05, 3.63) is 42.0 Å². The number of aliphatic hydroxyl groups is 1. The number of benzene rings is 1. The van der Waals surface area contributed by atoms with Crippen LogP contribution in [0.15, 0.2) is 41.3 Å². The highest BCUT2D eigenvalue weighted by Crippen LogP contribution is 2.31. The normalized spacial score (nSPS) is 21.1. The fourth-order valence-corrected chi connectivity index (χ4v) is 2.94. The van der Waals surface area contributed by atoms with Gasteiger partial charge in [-0.05, 0) is 24.6 Å². The van der Waals surface area contributed by atoms with Crippen LogP contribution in [0.25, 0.3) is 0 Å². The van der Waals surface area contributed by atoms with E-state index in [-0.39, 0.29) is 30.2 Å². The molecule has 1 aliphatic rings. The summed E-state index contributed by atoms with van der Waals surface area (Å²) in [5.41, 5.74) is -0.720. The SMILES string of the molecule is O=C(CSc1cccc(C(F)(F)F)c1)N[C@@H]1C=C[C@H](CO)C1. The average molecular weight is 331 g/mol. The van der Waals surface area contributed by atoms with Crippen LogP contribution < -0.4 is 5.32 Å². The highest BCUT2D eigenvalue weighted by molar-refractivity contribution is 8.00. The van der Waals surface area contributed by atoms with Crippen molar-refractivity contribution in [3.63, 3.8) is 0 Å². The summed E-state index contributed by atoms with van der Waals surface area (Å²) in [7, 11) is 0. The summed E-state index contributed by atoms with van der Waals surface area (Å²) in [6.07, 6.45) is -0.0537. The molecule has 0 radical (unpaired) electrons. The number of aliphatic hydroxyl groups excluding tert-OH is 1. The predicted molar refractivity (Wildman–Crippen MR) is 78.4 cm³/mol. The topological polar surface area (TPSA) is 49.3 Å². The quantitative estimate of drug-likeness (QED) is 0.644. The van der Waals surface area contributed by atoms with Crippen LogP contribution in [0.3, 0.4) is 0 Å². The first kappa shape index (κ1) is 16.9. The monoisotopic (exact) mass is 331 g/mol. The third kappa shape index (κ3) is 4.78. The van der Waals surface area contributed by atoms with Crippen molar-refractivity contribution in [2.45, 2.75) is 23.5 Å². The summed E-state index contributed by atoms with van der Waals surface area (Å²) in [6.45, 7) is 0.0435. The molecular weight excluding hydrogens is 315 g/mol. The zero-order chi connectivity index (χ0) is 16.2. The molecule has 0 bridgehead atoms. The lowest BCUT2D eigenvalue weighted by Crippen LogP contribution is -2.34. The third-order valence-electron chi connectivity index (χ3n) is 3.28. The Hall–Kier alpha value is -1.47. The zero-order valence-corrected chi connectivity index (χ0v) is 12.5. The standard InChI is InChI=1S/C15H16F3NO2S/c16-15(17,18)11-2-1-3-13(7-11)22-9-14(21)19-12-5-4-10(6-12)8-20/h1-5,7,10,12,20H,6,8-9H2,(H,19,21)/t10-,12+/m0/s1. The van der Waals surface area contributed by atoms with Gasteiger partial charge in [-0.15, -0.1) is 11.8 Å². The van der Waals surface area contributed by atoms with Crippen molar-refractivity contribution in [1.29, 1.82) is 0 Å². The second kappa shape index (κ2) is 7.19. The van der Waals surface area contributed by atoms with Gasteiger partial charge in [-0.1, -0.05) is 18.2 Å². The van der Waals surface area contributed by atoms with E-state index in [2.05, 4.69) is 5.32 Å². The molecule has 0 saturated heterocycles. The fraction of sp³-hybridized carbons (Fsp3) is 0.400. The second-order valence-electron chi connectivity index (χ2n) is 5.05. The fourth-order valence-electron chi connectivity index (χ4n) is 2.18. The van der Waals surface area contributed by atoms with E-state index < -0.39 is 11.7 Å². The van der Waals surface area contributed by atoms with Crippen LogP contribution in [0.4, 0.5) is 13.2 Å². The minimum absolute atomic E-state index is 0.0435. The number of hydrogen-bond acceptors (Lipinski definition) is 3. The number of amides is 1. The minimum atomic E-state index is -4.38. The van der Waals surface area contributed by atoms with E-state index in [9.17, 15) is 18.0 Å². The van der Waals surface area contributed by atoms with Crippen LogP contribution in [0.1, 0.15) is 12.0 Å². The van der Waals surface area contributed by atoms with E-state index in [0.29, 0.717) is 11.3 Å². The summed E-state index contributed by atoms with van der Waals surface area (Å²) in [5, 5.41) is 11.8. The van der Waals surface area contributed by atoms with Gasteiger partial charge in [0.2, 0.25) is 5.91 Å². The number of hydrogen-bond donors (Lipinski definition) is 2. The van der Waals surface area contributed by atoms with E-state index in [1.165, 1.54) is 6.07 Å². The van der Waals surface area contributed by atoms with Crippen LogP contribution in [0, 0.1) is 5.92 Å². The first-order valence-electron chi connectivity index (χ1n) is 6.77. The number of carbonyl (C=O) groups excluding carboxylic acids is 1. The lowest BCUT2D eigenvalue weighted by Gasteiger charge is -2.13. The van der Waals surface area contributed by atoms with E-state index in [1.54, 1.807) is 6.07 Å². The van der Waals surface area contributed by atoms with Crippen LogP contribution in [-0.2, 0) is 11.0 Å². The maximum atomic E-state index is 12.6. The van der Waals surface area contributed by atoms with E-state index in [4.69, 9.17) is 5.11 Å². The Bertz CT molecular complexity index is 560. The molecule has 0 saturated carbocycles. The Morgan fingerprint density at radius 3 is 2.77 bits per heavy atom. The molecule has 2 atom stereocenters. The number of halogens is 3. The molecule has 0 aliphatic heterocycles. The minimum Gasteiger partial charge on any atom is -0.396 e. The number of thioether (sulfide) groups is 1. The molecule has 22 heavy (non-hydrogen) atoms. The van der Waals surface area contributed by atoms with Gasteiger partial charge in [-0.25, -0.2) is 0 Å². The molecule has 120 valence electrons. The van der Waals surface area contributed by atoms with Crippen molar-refractivity contribution in [2.75, 3.05) is 12.4 Å². The molecule has 7 heteroatoms. The van der Waals surface area contributed by atoms with Gasteiger partial charge in [0.25, 0.3) is 0 Å². The van der Waals surface area contributed by atoms with Crippen molar-refractivity contribution >= 4 is 17.7 Å². The van der Waals surface area contributed by atoms with Crippen LogP contribution in [0.2, 0.25) is 0 Å². The van der Waals surface area contributed by atoms with Gasteiger partial charge in [0, 0.05) is 23.5 Å². The first-order chi connectivity index (χ1) is 10.4. The van der Waals surface area contributed by atoms with Crippen molar-refractivity contribution in [1.82, 2.24) is 5.32 Å². The number of nitrogens with one attached hydrogen (secondary N) is 1. The molecule has 1 aromatic rings. The zero-order valence-electron chi connectivity index (χ0n) is 11.6. The van der Waals surface area contributed by atoms with Gasteiger partial charge in [0.1, 0.15) is 0 Å². The van der Waals surface area contributed by atoms with Crippen molar-refractivity contribution < 1.29 is 23.1 Å². The summed E-state index contributed by atoms with van der Waals surface area (Å²) in [5.74, 6) is -0.132. The summed E-state index contributed by atoms with van der Waals surface area (Å²) < 4.78 is 37.8. The molecule has 0 fully saturated rings. The molecule has 0 aromatic heterocycles. The van der Waals surface area contributed by atoms with Gasteiger partial charge in [0.15, 0.2) is 0 Å². The van der Waals surface area contributed by atoms with Gasteiger partial charge in [-0.3, -0.25) is 4.79 Å². The Morgan fingerprint density at radius 2 is 2.14 bits per heavy atom. The van der Waals surface area contributed by atoms with E-state index >= 15 is 0 Å². The molecular formula is C15H16F3NO2S. The first-order valence-corrected chi connectivity index (χ1v) is 7.75. The number of alkyl halides is 3. The Balaban J connectivity index is 1.83. The Kier molecular flexibility index (Phi) is 5.52. The smallest absolute Gasteiger partial charge is 0.396 e. The second-order valence-corrected chi connectivity index (χ2v) is 6.10. The van der Waals surface area contributed by atoms with Crippen molar-refractivity contribution in [2.24, 2.45) is 5.92 Å². The molecule has 3 nitrogen and oxygen atoms in total. The molecule has 1 amide bonds. The highest BCUT2D eigenvalue weighted by Gasteiger charge is 2.30. The van der Waals surface area contributed by atoms with Gasteiger partial charge in [0.05, 0.1) is 11.3 Å². The summed E-state index contributed by atoms with van der Waals surface area (Å²) in [6, 6.07) is 4.79. The lowest BCUT2D eigenvalue weighted by atomic mass is 10.1. The average Bonchev–Trinajstić information content (AvgIpc) is 2.92. The summed E-state index contributed by atoms with van der Waals surface area (Å²) in [4.78, 5) is 12.2. The van der Waals surface area contributed by atoms with Gasteiger partial charge in [-0.2, -0.15) is 13.2 Å². The van der Waals surface area contributed by atoms with Crippen molar-refractivity contribution in [3.8, 4) is 0 Å². The highest BCUT2D eigenvalue weighted by atomic mass is 32.2. The molecule has 0 spiro atoms. The van der Waals surface area contributed by atoms with Crippen LogP contribution in [0.5, 0.6) is 0 Å². The summed E-state index contributed by atoms with van der Waals surface area (Å²) >= 11 is 1.06. The maximum absolute atomic E-state index is 12.6. The van der Waals surface area contributed by atoms with Crippen LogP contribution >= 0.6 is 11.8 Å². The maximum Gasteiger partial charge on any atom is 0.416 e. The Morgan fingerprint density at radius 1 is 1.36 bits per heavy atom. The Labute approximate surface area is 130 Å². The number of carbonyl (C=O) groups is 1. The third-order valence-corrected chi connectivity index (χ3v) is 4.28. The molecule has 0 unspecified atom stereocenters.